The van der Waals surface area contributed by atoms with Crippen LogP contribution in [-0.4, -0.2) is 17.8 Å². The molecule has 1 unspecified atom stereocenters. The molecule has 0 aromatic carbocycles. The quantitative estimate of drug-likeness (QED) is 0.567. The van der Waals surface area contributed by atoms with Gasteiger partial charge in [-0.15, -0.1) is 11.6 Å². The van der Waals surface area contributed by atoms with Crippen LogP contribution in [0.1, 0.15) is 39.0 Å². The second-order valence-corrected chi connectivity index (χ2v) is 4.42. The van der Waals surface area contributed by atoms with E-state index in [-0.39, 0.29) is 5.91 Å². The van der Waals surface area contributed by atoms with Gasteiger partial charge in [-0.3, -0.25) is 4.79 Å². The SMILES string of the molecule is CC(Cl)C(=O)NCCC1=CCCCC1. The Morgan fingerprint density at radius 1 is 1.64 bits per heavy atom. The van der Waals surface area contributed by atoms with Gasteiger partial charge >= 0.3 is 0 Å². The maximum Gasteiger partial charge on any atom is 0.237 e. The molecule has 1 atom stereocenters. The Labute approximate surface area is 90.7 Å². The van der Waals surface area contributed by atoms with E-state index in [1.165, 1.54) is 31.3 Å². The predicted molar refractivity (Wildman–Crippen MR) is 59.5 cm³/mol. The van der Waals surface area contributed by atoms with Crippen molar-refractivity contribution in [3.63, 3.8) is 0 Å². The molecule has 0 aliphatic heterocycles. The summed E-state index contributed by atoms with van der Waals surface area (Å²) in [6.07, 6.45) is 8.30. The Hall–Kier alpha value is -0.500. The van der Waals surface area contributed by atoms with Crippen LogP contribution in [0, 0.1) is 0 Å². The molecule has 0 radical (unpaired) electrons. The number of carbonyl (C=O) groups excluding carboxylic acids is 1. The van der Waals surface area contributed by atoms with Crippen molar-refractivity contribution in [1.82, 2.24) is 5.32 Å². The van der Waals surface area contributed by atoms with Gasteiger partial charge in [0, 0.05) is 6.54 Å². The van der Waals surface area contributed by atoms with Crippen LogP contribution in [0.3, 0.4) is 0 Å². The fourth-order valence-corrected chi connectivity index (χ4v) is 1.70. The van der Waals surface area contributed by atoms with E-state index in [1.807, 2.05) is 0 Å². The molecule has 0 fully saturated rings. The Bertz CT molecular complexity index is 223. The fourth-order valence-electron chi connectivity index (χ4n) is 1.62. The molecule has 1 amide bonds. The summed E-state index contributed by atoms with van der Waals surface area (Å²) in [5.41, 5.74) is 1.48. The van der Waals surface area contributed by atoms with Crippen LogP contribution in [0.5, 0.6) is 0 Å². The summed E-state index contributed by atoms with van der Waals surface area (Å²) in [5, 5.41) is 2.40. The van der Waals surface area contributed by atoms with E-state index in [0.29, 0.717) is 0 Å². The van der Waals surface area contributed by atoms with Crippen molar-refractivity contribution >= 4 is 17.5 Å². The van der Waals surface area contributed by atoms with E-state index in [0.717, 1.165) is 13.0 Å². The van der Waals surface area contributed by atoms with Crippen LogP contribution in [0.2, 0.25) is 0 Å². The lowest BCUT2D eigenvalue weighted by molar-refractivity contribution is -0.120. The highest BCUT2D eigenvalue weighted by Gasteiger charge is 2.08. The highest BCUT2D eigenvalue weighted by atomic mass is 35.5. The standard InChI is InChI=1S/C11H18ClNO/c1-9(12)11(14)13-8-7-10-5-3-2-4-6-10/h5,9H,2-4,6-8H2,1H3,(H,13,14). The van der Waals surface area contributed by atoms with Gasteiger partial charge in [-0.25, -0.2) is 0 Å². The highest BCUT2D eigenvalue weighted by Crippen LogP contribution is 2.19. The van der Waals surface area contributed by atoms with Crippen LogP contribution in [-0.2, 0) is 4.79 Å². The molecular weight excluding hydrogens is 198 g/mol. The first-order valence-electron chi connectivity index (χ1n) is 5.30. The minimum atomic E-state index is -0.421. The lowest BCUT2D eigenvalue weighted by Gasteiger charge is -2.13. The summed E-state index contributed by atoms with van der Waals surface area (Å²) in [4.78, 5) is 11.1. The van der Waals surface area contributed by atoms with Crippen molar-refractivity contribution < 1.29 is 4.79 Å². The molecular formula is C11H18ClNO. The predicted octanol–water partition coefficient (Wildman–Crippen LogP) is 2.62. The van der Waals surface area contributed by atoms with E-state index in [2.05, 4.69) is 11.4 Å². The maximum atomic E-state index is 11.1. The van der Waals surface area contributed by atoms with Crippen molar-refractivity contribution in [3.8, 4) is 0 Å². The van der Waals surface area contributed by atoms with Crippen molar-refractivity contribution in [3.05, 3.63) is 11.6 Å². The summed E-state index contributed by atoms with van der Waals surface area (Å²) in [5.74, 6) is -0.0666. The second-order valence-electron chi connectivity index (χ2n) is 3.77. The fraction of sp³-hybridized carbons (Fsp3) is 0.727. The number of alkyl halides is 1. The number of hydrogen-bond acceptors (Lipinski definition) is 1. The van der Waals surface area contributed by atoms with E-state index in [1.54, 1.807) is 6.92 Å². The van der Waals surface area contributed by atoms with E-state index < -0.39 is 5.38 Å². The Kier molecular flexibility index (Phi) is 5.02. The molecule has 1 rings (SSSR count). The maximum absolute atomic E-state index is 11.1. The molecule has 2 nitrogen and oxygen atoms in total. The van der Waals surface area contributed by atoms with Crippen LogP contribution in [0.4, 0.5) is 0 Å². The normalized spacial score (nSPS) is 18.6. The first-order chi connectivity index (χ1) is 6.70. The summed E-state index contributed by atoms with van der Waals surface area (Å²) < 4.78 is 0. The number of rotatable bonds is 4. The van der Waals surface area contributed by atoms with Gasteiger partial charge in [0.15, 0.2) is 0 Å². The molecule has 0 aromatic rings. The summed E-state index contributed by atoms with van der Waals surface area (Å²) in [6.45, 7) is 2.42. The Balaban J connectivity index is 2.14. The number of carbonyl (C=O) groups is 1. The molecule has 1 aliphatic rings. The largest absolute Gasteiger partial charge is 0.355 e. The lowest BCUT2D eigenvalue weighted by atomic mass is 9.97. The molecule has 0 bridgehead atoms. The number of hydrogen-bond donors (Lipinski definition) is 1. The third-order valence-electron chi connectivity index (χ3n) is 2.49. The minimum absolute atomic E-state index is 0.0666. The molecule has 3 heteroatoms. The molecule has 1 N–H and O–H groups in total. The topological polar surface area (TPSA) is 29.1 Å². The zero-order valence-corrected chi connectivity index (χ0v) is 9.44. The van der Waals surface area contributed by atoms with Gasteiger partial charge in [-0.2, -0.15) is 0 Å². The van der Waals surface area contributed by atoms with E-state index in [4.69, 9.17) is 11.6 Å². The summed E-state index contributed by atoms with van der Waals surface area (Å²) >= 11 is 5.62. The van der Waals surface area contributed by atoms with Gasteiger partial charge in [0.25, 0.3) is 0 Å². The van der Waals surface area contributed by atoms with Gasteiger partial charge in [-0.05, 0) is 39.0 Å². The molecule has 1 aliphatic carbocycles. The van der Waals surface area contributed by atoms with Gasteiger partial charge in [0.1, 0.15) is 5.38 Å². The van der Waals surface area contributed by atoms with Crippen molar-refractivity contribution in [2.75, 3.05) is 6.54 Å². The van der Waals surface area contributed by atoms with E-state index in [9.17, 15) is 4.79 Å². The van der Waals surface area contributed by atoms with Crippen LogP contribution < -0.4 is 5.32 Å². The Morgan fingerprint density at radius 2 is 2.43 bits per heavy atom. The van der Waals surface area contributed by atoms with Crippen molar-refractivity contribution in [1.29, 1.82) is 0 Å². The van der Waals surface area contributed by atoms with Gasteiger partial charge in [0.05, 0.1) is 0 Å². The first-order valence-corrected chi connectivity index (χ1v) is 5.73. The zero-order valence-electron chi connectivity index (χ0n) is 8.68. The molecule has 14 heavy (non-hydrogen) atoms. The van der Waals surface area contributed by atoms with Crippen LogP contribution in [0.25, 0.3) is 0 Å². The zero-order chi connectivity index (χ0) is 10.4. The molecule has 0 saturated heterocycles. The van der Waals surface area contributed by atoms with Crippen molar-refractivity contribution in [2.24, 2.45) is 0 Å². The lowest BCUT2D eigenvalue weighted by Crippen LogP contribution is -2.30. The molecule has 80 valence electrons. The molecule has 0 spiro atoms. The number of halogens is 1. The summed E-state index contributed by atoms with van der Waals surface area (Å²) in [6, 6.07) is 0. The third kappa shape index (κ3) is 4.14. The highest BCUT2D eigenvalue weighted by molar-refractivity contribution is 6.30. The molecule has 0 aromatic heterocycles. The van der Waals surface area contributed by atoms with Crippen molar-refractivity contribution in [2.45, 2.75) is 44.4 Å². The number of amides is 1. The monoisotopic (exact) mass is 215 g/mol. The van der Waals surface area contributed by atoms with Gasteiger partial charge in [0.2, 0.25) is 5.91 Å². The van der Waals surface area contributed by atoms with Crippen LogP contribution in [0.15, 0.2) is 11.6 Å². The first kappa shape index (κ1) is 11.6. The average Bonchev–Trinajstić information content (AvgIpc) is 2.19. The molecule has 0 heterocycles. The number of allylic oxidation sites excluding steroid dienone is 1. The number of nitrogens with one attached hydrogen (secondary N) is 1. The average molecular weight is 216 g/mol. The molecule has 0 saturated carbocycles. The van der Waals surface area contributed by atoms with Crippen LogP contribution >= 0.6 is 11.6 Å². The van der Waals surface area contributed by atoms with Gasteiger partial charge in [-0.1, -0.05) is 11.6 Å². The second kappa shape index (κ2) is 6.07. The smallest absolute Gasteiger partial charge is 0.237 e. The van der Waals surface area contributed by atoms with Gasteiger partial charge < -0.3 is 5.32 Å². The third-order valence-corrected chi connectivity index (χ3v) is 2.69. The van der Waals surface area contributed by atoms with E-state index >= 15 is 0 Å². The summed E-state index contributed by atoms with van der Waals surface area (Å²) in [7, 11) is 0. The minimum Gasteiger partial charge on any atom is -0.355 e. The Morgan fingerprint density at radius 3 is 3.00 bits per heavy atom.